The molecule has 3 N–H and O–H groups in total. The molecule has 0 fully saturated rings. The van der Waals surface area contributed by atoms with Crippen LogP contribution in [-0.2, 0) is 0 Å². The molecule has 0 bridgehead atoms. The number of benzene rings is 2. The Hall–Kier alpha value is -3.79. The Balaban J connectivity index is 1.97. The lowest BCUT2D eigenvalue weighted by molar-refractivity contribution is 0.375. The number of H-pyrrole nitrogens is 1. The van der Waals surface area contributed by atoms with Crippen LogP contribution in [0.1, 0.15) is 17.0 Å². The first-order chi connectivity index (χ1) is 13.1. The highest BCUT2D eigenvalue weighted by molar-refractivity contribution is 5.71. The zero-order chi connectivity index (χ0) is 19.0. The number of methoxy groups -OCH3 is 1. The fourth-order valence-corrected chi connectivity index (χ4v) is 3.30. The van der Waals surface area contributed by atoms with Crippen LogP contribution in [0.4, 0.5) is 4.39 Å². The van der Waals surface area contributed by atoms with Gasteiger partial charge in [-0.2, -0.15) is 5.26 Å². The number of nitriles is 1. The maximum Gasteiger partial charge on any atom is 0.244 e. The van der Waals surface area contributed by atoms with Crippen molar-refractivity contribution in [2.24, 2.45) is 5.73 Å². The van der Waals surface area contributed by atoms with Gasteiger partial charge in [0.15, 0.2) is 0 Å². The normalized spacial score (nSPS) is 15.7. The molecule has 3 aromatic rings. The van der Waals surface area contributed by atoms with Gasteiger partial charge in [0.05, 0.1) is 24.3 Å². The quantitative estimate of drug-likeness (QED) is 0.744. The van der Waals surface area contributed by atoms with E-state index in [9.17, 15) is 9.65 Å². The highest BCUT2D eigenvalue weighted by Gasteiger charge is 2.36. The summed E-state index contributed by atoms with van der Waals surface area (Å²) in [5.41, 5.74) is 8.99. The largest absolute Gasteiger partial charge is 0.496 e. The number of ether oxygens (including phenoxy) is 2. The number of aromatic nitrogens is 2. The van der Waals surface area contributed by atoms with Crippen LogP contribution in [0.25, 0.3) is 11.3 Å². The van der Waals surface area contributed by atoms with E-state index in [1.165, 1.54) is 12.1 Å². The molecule has 1 aliphatic rings. The topological polar surface area (TPSA) is 96.9 Å². The smallest absolute Gasteiger partial charge is 0.244 e. The molecule has 0 saturated heterocycles. The van der Waals surface area contributed by atoms with Gasteiger partial charge in [0.2, 0.25) is 11.8 Å². The number of nitrogens with zero attached hydrogens (tertiary/aromatic N) is 2. The second-order valence-corrected chi connectivity index (χ2v) is 5.99. The number of para-hydroxylation sites is 1. The summed E-state index contributed by atoms with van der Waals surface area (Å²) in [6.45, 7) is 0. The van der Waals surface area contributed by atoms with Crippen LogP contribution < -0.4 is 15.2 Å². The van der Waals surface area contributed by atoms with Crippen molar-refractivity contribution in [1.29, 1.82) is 5.26 Å². The van der Waals surface area contributed by atoms with Crippen LogP contribution >= 0.6 is 0 Å². The minimum atomic E-state index is -0.534. The van der Waals surface area contributed by atoms with E-state index in [2.05, 4.69) is 16.3 Å². The lowest BCUT2D eigenvalue weighted by atomic mass is 9.82. The van der Waals surface area contributed by atoms with Crippen molar-refractivity contribution >= 4 is 0 Å². The summed E-state index contributed by atoms with van der Waals surface area (Å²) < 4.78 is 24.4. The van der Waals surface area contributed by atoms with E-state index >= 15 is 0 Å². The zero-order valence-electron chi connectivity index (χ0n) is 14.4. The van der Waals surface area contributed by atoms with Gasteiger partial charge in [-0.15, -0.1) is 5.10 Å². The van der Waals surface area contributed by atoms with Crippen LogP contribution in [0.3, 0.4) is 0 Å². The van der Waals surface area contributed by atoms with Crippen molar-refractivity contribution in [1.82, 2.24) is 10.2 Å². The van der Waals surface area contributed by atoms with E-state index in [1.807, 2.05) is 24.3 Å². The molecule has 2 aromatic carbocycles. The van der Waals surface area contributed by atoms with Gasteiger partial charge in [0.25, 0.3) is 0 Å². The Morgan fingerprint density at radius 3 is 2.67 bits per heavy atom. The maximum absolute atomic E-state index is 13.3. The molecule has 0 amide bonds. The van der Waals surface area contributed by atoms with Crippen molar-refractivity contribution in [2.75, 3.05) is 7.11 Å². The zero-order valence-corrected chi connectivity index (χ0v) is 14.4. The molecule has 7 heteroatoms. The van der Waals surface area contributed by atoms with E-state index in [4.69, 9.17) is 15.2 Å². The molecule has 27 heavy (non-hydrogen) atoms. The molecular formula is C20H15FN4O2. The summed E-state index contributed by atoms with van der Waals surface area (Å²) in [4.78, 5) is 0. The number of rotatable bonds is 3. The minimum absolute atomic E-state index is 0.00179. The van der Waals surface area contributed by atoms with Gasteiger partial charge in [-0.1, -0.05) is 18.2 Å². The van der Waals surface area contributed by atoms with Gasteiger partial charge < -0.3 is 15.2 Å². The van der Waals surface area contributed by atoms with Gasteiger partial charge in [0.1, 0.15) is 23.2 Å². The van der Waals surface area contributed by atoms with E-state index in [0.29, 0.717) is 22.6 Å². The lowest BCUT2D eigenvalue weighted by Gasteiger charge is -2.25. The average molecular weight is 362 g/mol. The van der Waals surface area contributed by atoms with Crippen molar-refractivity contribution < 1.29 is 13.9 Å². The molecule has 0 radical (unpaired) electrons. The first-order valence-corrected chi connectivity index (χ1v) is 8.18. The maximum atomic E-state index is 13.3. The lowest BCUT2D eigenvalue weighted by Crippen LogP contribution is -2.21. The van der Waals surface area contributed by atoms with Gasteiger partial charge >= 0.3 is 0 Å². The highest BCUT2D eigenvalue weighted by Crippen LogP contribution is 2.47. The van der Waals surface area contributed by atoms with Gasteiger partial charge in [0, 0.05) is 11.1 Å². The molecule has 0 saturated carbocycles. The number of hydrogen-bond acceptors (Lipinski definition) is 5. The second kappa shape index (κ2) is 6.50. The Morgan fingerprint density at radius 1 is 1.22 bits per heavy atom. The Kier molecular flexibility index (Phi) is 4.01. The molecule has 0 unspecified atom stereocenters. The third-order valence-electron chi connectivity index (χ3n) is 4.52. The predicted molar refractivity (Wildman–Crippen MR) is 96.3 cm³/mol. The number of aromatic amines is 1. The van der Waals surface area contributed by atoms with E-state index < -0.39 is 5.92 Å². The molecule has 1 aliphatic heterocycles. The second-order valence-electron chi connectivity index (χ2n) is 5.99. The fraction of sp³-hybridized carbons (Fsp3) is 0.100. The summed E-state index contributed by atoms with van der Waals surface area (Å²) >= 11 is 0. The molecule has 0 aliphatic carbocycles. The van der Waals surface area contributed by atoms with Crippen LogP contribution in [0, 0.1) is 17.1 Å². The number of nitrogens with two attached hydrogens (primary N) is 1. The monoisotopic (exact) mass is 362 g/mol. The fourth-order valence-electron chi connectivity index (χ4n) is 3.30. The molecule has 134 valence electrons. The van der Waals surface area contributed by atoms with Crippen molar-refractivity contribution in [3.63, 3.8) is 0 Å². The van der Waals surface area contributed by atoms with Crippen LogP contribution in [0.15, 0.2) is 60.0 Å². The van der Waals surface area contributed by atoms with Crippen molar-refractivity contribution in [3.8, 4) is 29.0 Å². The number of allylic oxidation sites excluding steroid dienone is 1. The third kappa shape index (κ3) is 2.68. The standard InChI is InChI=1S/C20H15FN4O2/c1-26-15-5-3-2-4-13(15)16-14(10-22)19(23)27-20-17(16)18(24-25-20)11-6-8-12(21)9-7-11/h2-9,16H,23H2,1H3,(H,24,25)/t16-/m0/s1. The molecule has 2 heterocycles. The molecule has 1 aromatic heterocycles. The third-order valence-corrected chi connectivity index (χ3v) is 4.52. The first-order valence-electron chi connectivity index (χ1n) is 8.18. The number of halogens is 1. The van der Waals surface area contributed by atoms with Crippen molar-refractivity contribution in [3.05, 3.63) is 76.9 Å². The van der Waals surface area contributed by atoms with E-state index in [0.717, 1.165) is 5.56 Å². The summed E-state index contributed by atoms with van der Waals surface area (Å²) in [5.74, 6) is 0.0159. The van der Waals surface area contributed by atoms with Crippen LogP contribution in [-0.4, -0.2) is 17.3 Å². The van der Waals surface area contributed by atoms with Gasteiger partial charge in [-0.25, -0.2) is 4.39 Å². The number of fused-ring (bicyclic) bond motifs is 1. The number of hydrogen-bond donors (Lipinski definition) is 2. The number of nitrogens with one attached hydrogen (secondary N) is 1. The SMILES string of the molecule is COc1ccccc1[C@H]1C(C#N)=C(N)Oc2n[nH]c(-c3ccc(F)cc3)c21. The predicted octanol–water partition coefficient (Wildman–Crippen LogP) is 3.44. The molecule has 4 rings (SSSR count). The van der Waals surface area contributed by atoms with Gasteiger partial charge in [-0.05, 0) is 30.3 Å². The summed E-state index contributed by atoms with van der Waals surface area (Å²) in [5, 5.41) is 16.9. The van der Waals surface area contributed by atoms with Gasteiger partial charge in [-0.3, -0.25) is 5.10 Å². The Labute approximate surface area is 154 Å². The van der Waals surface area contributed by atoms with Crippen LogP contribution in [0.5, 0.6) is 11.6 Å². The van der Waals surface area contributed by atoms with Crippen LogP contribution in [0.2, 0.25) is 0 Å². The Morgan fingerprint density at radius 2 is 1.96 bits per heavy atom. The first kappa shape index (κ1) is 16.7. The summed E-state index contributed by atoms with van der Waals surface area (Å²) in [6.07, 6.45) is 0. The summed E-state index contributed by atoms with van der Waals surface area (Å²) in [6, 6.07) is 15.5. The van der Waals surface area contributed by atoms with Crippen molar-refractivity contribution in [2.45, 2.75) is 5.92 Å². The van der Waals surface area contributed by atoms with E-state index in [-0.39, 0.29) is 23.2 Å². The highest BCUT2D eigenvalue weighted by atomic mass is 19.1. The van der Waals surface area contributed by atoms with E-state index in [1.54, 1.807) is 19.2 Å². The summed E-state index contributed by atoms with van der Waals surface area (Å²) in [7, 11) is 1.56. The minimum Gasteiger partial charge on any atom is -0.496 e. The molecule has 0 spiro atoms. The Bertz CT molecular complexity index is 1080. The molecular weight excluding hydrogens is 347 g/mol. The molecule has 6 nitrogen and oxygen atoms in total. The average Bonchev–Trinajstić information content (AvgIpc) is 3.10. The molecule has 1 atom stereocenters.